The summed E-state index contributed by atoms with van der Waals surface area (Å²) in [5.74, 6) is 0.634. The van der Waals surface area contributed by atoms with E-state index in [-0.39, 0.29) is 0 Å². The van der Waals surface area contributed by atoms with E-state index < -0.39 is 0 Å². The Morgan fingerprint density at radius 1 is 1.10 bits per heavy atom. The molecule has 4 nitrogen and oxygen atoms in total. The summed E-state index contributed by atoms with van der Waals surface area (Å²) in [6.07, 6.45) is 3.71. The molecule has 0 atom stereocenters. The number of nitrogens with zero attached hydrogens (tertiary/aromatic N) is 3. The van der Waals surface area contributed by atoms with Crippen molar-refractivity contribution in [2.75, 3.05) is 5.73 Å². The quantitative estimate of drug-likeness (QED) is 0.572. The van der Waals surface area contributed by atoms with E-state index >= 15 is 0 Å². The Morgan fingerprint density at radius 3 is 2.90 bits per heavy atom. The maximum absolute atomic E-state index is 6.25. The zero-order chi connectivity index (χ0) is 14.4. The Kier molecular flexibility index (Phi) is 2.68. The van der Waals surface area contributed by atoms with Crippen molar-refractivity contribution in [3.05, 3.63) is 59.3 Å². The van der Waals surface area contributed by atoms with Gasteiger partial charge in [0.25, 0.3) is 0 Å². The summed E-state index contributed by atoms with van der Waals surface area (Å²) < 4.78 is 2.85. The first-order valence-electron chi connectivity index (χ1n) is 6.50. The van der Waals surface area contributed by atoms with Crippen molar-refractivity contribution < 1.29 is 0 Å². The average molecular weight is 339 g/mol. The summed E-state index contributed by atoms with van der Waals surface area (Å²) in [6.45, 7) is 0. The summed E-state index contributed by atoms with van der Waals surface area (Å²) in [7, 11) is 0. The van der Waals surface area contributed by atoms with Gasteiger partial charge in [0, 0.05) is 27.8 Å². The summed E-state index contributed by atoms with van der Waals surface area (Å²) in [5.41, 5.74) is 9.83. The number of benzene rings is 1. The lowest BCUT2D eigenvalue weighted by Crippen LogP contribution is -1.94. The molecule has 0 unspecified atom stereocenters. The molecule has 0 saturated heterocycles. The molecule has 5 heteroatoms. The largest absolute Gasteiger partial charge is 0.383 e. The molecule has 2 N–H and O–H groups in total. The number of fused-ring (bicyclic) bond motifs is 2. The van der Waals surface area contributed by atoms with Crippen LogP contribution in [0.3, 0.4) is 0 Å². The van der Waals surface area contributed by atoms with Gasteiger partial charge >= 0.3 is 0 Å². The highest BCUT2D eigenvalue weighted by Gasteiger charge is 2.12. The maximum Gasteiger partial charge on any atom is 0.139 e. The molecule has 0 aliphatic rings. The molecule has 3 heterocycles. The van der Waals surface area contributed by atoms with Gasteiger partial charge in [-0.25, -0.2) is 4.98 Å². The van der Waals surface area contributed by atoms with Crippen LogP contribution in [0.1, 0.15) is 0 Å². The molecular weight excluding hydrogens is 328 g/mol. The lowest BCUT2D eigenvalue weighted by molar-refractivity contribution is 1.18. The minimum absolute atomic E-state index is 0.634. The van der Waals surface area contributed by atoms with Crippen LogP contribution in [-0.4, -0.2) is 14.4 Å². The third-order valence-electron chi connectivity index (χ3n) is 3.50. The van der Waals surface area contributed by atoms with E-state index in [0.717, 1.165) is 32.3 Å². The van der Waals surface area contributed by atoms with Crippen LogP contribution in [0, 0.1) is 0 Å². The Labute approximate surface area is 129 Å². The van der Waals surface area contributed by atoms with Gasteiger partial charge in [-0.3, -0.25) is 9.38 Å². The van der Waals surface area contributed by atoms with Crippen molar-refractivity contribution in [2.24, 2.45) is 0 Å². The van der Waals surface area contributed by atoms with Gasteiger partial charge in [0.15, 0.2) is 0 Å². The Bertz CT molecular complexity index is 975. The standard InChI is InChI=1S/C16H11BrN4/c17-12-4-6-14-20-15(16(18)21(14)9-12)11-3-5-13-10(8-11)2-1-7-19-13/h1-9H,18H2. The van der Waals surface area contributed by atoms with Gasteiger partial charge in [-0.1, -0.05) is 12.1 Å². The van der Waals surface area contributed by atoms with Crippen molar-refractivity contribution in [2.45, 2.75) is 0 Å². The molecule has 0 aliphatic heterocycles. The van der Waals surface area contributed by atoms with Crippen LogP contribution in [0.5, 0.6) is 0 Å². The first-order chi connectivity index (χ1) is 10.2. The van der Waals surface area contributed by atoms with Gasteiger partial charge in [-0.15, -0.1) is 0 Å². The minimum Gasteiger partial charge on any atom is -0.383 e. The Hall–Kier alpha value is -2.40. The topological polar surface area (TPSA) is 56.2 Å². The van der Waals surface area contributed by atoms with Crippen molar-refractivity contribution >= 4 is 38.3 Å². The third-order valence-corrected chi connectivity index (χ3v) is 3.96. The second-order valence-electron chi connectivity index (χ2n) is 4.83. The van der Waals surface area contributed by atoms with E-state index in [2.05, 4.69) is 32.0 Å². The maximum atomic E-state index is 6.25. The van der Waals surface area contributed by atoms with Crippen LogP contribution < -0.4 is 5.73 Å². The third kappa shape index (κ3) is 1.97. The number of anilines is 1. The molecule has 0 amide bonds. The Morgan fingerprint density at radius 2 is 2.00 bits per heavy atom. The molecule has 0 spiro atoms. The summed E-state index contributed by atoms with van der Waals surface area (Å²) in [6, 6.07) is 13.9. The number of rotatable bonds is 1. The number of nitrogens with two attached hydrogens (primary N) is 1. The number of halogens is 1. The average Bonchev–Trinajstić information content (AvgIpc) is 2.84. The first kappa shape index (κ1) is 12.3. The predicted molar refractivity (Wildman–Crippen MR) is 88.0 cm³/mol. The zero-order valence-corrected chi connectivity index (χ0v) is 12.6. The molecule has 4 rings (SSSR count). The van der Waals surface area contributed by atoms with Gasteiger partial charge in [0.05, 0.1) is 5.52 Å². The highest BCUT2D eigenvalue weighted by Crippen LogP contribution is 2.29. The smallest absolute Gasteiger partial charge is 0.139 e. The molecule has 0 saturated carbocycles. The molecule has 3 aromatic heterocycles. The number of pyridine rings is 2. The van der Waals surface area contributed by atoms with Gasteiger partial charge < -0.3 is 5.73 Å². The van der Waals surface area contributed by atoms with Crippen LogP contribution in [0.2, 0.25) is 0 Å². The van der Waals surface area contributed by atoms with Crippen molar-refractivity contribution in [3.63, 3.8) is 0 Å². The van der Waals surface area contributed by atoms with E-state index in [1.54, 1.807) is 6.20 Å². The second kappa shape index (κ2) is 4.56. The van der Waals surface area contributed by atoms with Gasteiger partial charge in [-0.05, 0) is 46.3 Å². The van der Waals surface area contributed by atoms with E-state index in [9.17, 15) is 0 Å². The monoisotopic (exact) mass is 338 g/mol. The fraction of sp³-hybridized carbons (Fsp3) is 0. The summed E-state index contributed by atoms with van der Waals surface area (Å²) >= 11 is 3.45. The molecule has 102 valence electrons. The van der Waals surface area contributed by atoms with Crippen LogP contribution in [0.4, 0.5) is 5.82 Å². The number of imidazole rings is 1. The number of aromatic nitrogens is 3. The van der Waals surface area contributed by atoms with Crippen LogP contribution in [-0.2, 0) is 0 Å². The van der Waals surface area contributed by atoms with Gasteiger partial charge in [0.1, 0.15) is 17.2 Å². The predicted octanol–water partition coefficient (Wildman–Crippen LogP) is 3.89. The van der Waals surface area contributed by atoms with Crippen LogP contribution in [0.25, 0.3) is 27.8 Å². The van der Waals surface area contributed by atoms with Gasteiger partial charge in [0.2, 0.25) is 0 Å². The van der Waals surface area contributed by atoms with Crippen molar-refractivity contribution in [1.29, 1.82) is 0 Å². The number of hydrogen-bond donors (Lipinski definition) is 1. The summed E-state index contributed by atoms with van der Waals surface area (Å²) in [5, 5.41) is 1.08. The molecule has 1 aromatic carbocycles. The fourth-order valence-corrected chi connectivity index (χ4v) is 2.81. The van der Waals surface area contributed by atoms with E-state index in [1.165, 1.54) is 0 Å². The number of hydrogen-bond acceptors (Lipinski definition) is 3. The normalized spacial score (nSPS) is 11.3. The molecule has 0 bridgehead atoms. The lowest BCUT2D eigenvalue weighted by Gasteiger charge is -2.02. The van der Waals surface area contributed by atoms with Crippen molar-refractivity contribution in [1.82, 2.24) is 14.4 Å². The zero-order valence-electron chi connectivity index (χ0n) is 11.0. The Balaban J connectivity index is 1.97. The second-order valence-corrected chi connectivity index (χ2v) is 5.75. The molecule has 0 radical (unpaired) electrons. The first-order valence-corrected chi connectivity index (χ1v) is 7.30. The summed E-state index contributed by atoms with van der Waals surface area (Å²) in [4.78, 5) is 8.96. The molecule has 4 aromatic rings. The molecular formula is C16H11BrN4. The number of nitrogen functional groups attached to an aromatic ring is 1. The minimum atomic E-state index is 0.634. The highest BCUT2D eigenvalue weighted by molar-refractivity contribution is 9.10. The fourth-order valence-electron chi connectivity index (χ4n) is 2.47. The van der Waals surface area contributed by atoms with E-state index in [0.29, 0.717) is 5.82 Å². The van der Waals surface area contributed by atoms with Crippen LogP contribution in [0.15, 0.2) is 59.3 Å². The van der Waals surface area contributed by atoms with E-state index in [1.807, 2.05) is 47.0 Å². The van der Waals surface area contributed by atoms with Gasteiger partial charge in [-0.2, -0.15) is 0 Å². The highest BCUT2D eigenvalue weighted by atomic mass is 79.9. The molecule has 0 aliphatic carbocycles. The lowest BCUT2D eigenvalue weighted by atomic mass is 10.1. The van der Waals surface area contributed by atoms with E-state index in [4.69, 9.17) is 5.73 Å². The molecule has 21 heavy (non-hydrogen) atoms. The van der Waals surface area contributed by atoms with Crippen molar-refractivity contribution in [3.8, 4) is 11.3 Å². The SMILES string of the molecule is Nc1c(-c2ccc3ncccc3c2)nc2ccc(Br)cn12. The molecule has 0 fully saturated rings. The van der Waals surface area contributed by atoms with Crippen LogP contribution >= 0.6 is 15.9 Å².